The summed E-state index contributed by atoms with van der Waals surface area (Å²) < 4.78 is 4.33. The number of aromatic nitrogens is 1. The number of para-hydroxylation sites is 1. The van der Waals surface area contributed by atoms with Crippen LogP contribution in [-0.2, 0) is 18.9 Å². The second-order valence-corrected chi connectivity index (χ2v) is 6.99. The lowest BCUT2D eigenvalue weighted by atomic mass is 9.80. The number of hydrogen-bond acceptors (Lipinski definition) is 1. The van der Waals surface area contributed by atoms with Gasteiger partial charge in [-0.25, -0.2) is 9.14 Å². The molecule has 0 unspecified atom stereocenters. The van der Waals surface area contributed by atoms with Crippen molar-refractivity contribution in [1.82, 2.24) is 0 Å². The maximum atomic E-state index is 12.2. The third-order valence-corrected chi connectivity index (χ3v) is 5.36. The zero-order valence-electron chi connectivity index (χ0n) is 14.7. The number of rotatable bonds is 3. The molecule has 0 saturated heterocycles. The standard InChI is InChI=1S/C20H25N2O/c1-14-10-12-18(23)17(21(14)4)11-13-19-20(2,3)15-8-6-7-9-16(15)22(19)5/h6-10,12H,11,13H2,1-5H3/q+1. The smallest absolute Gasteiger partial charge is 0.209 e. The molecule has 1 aliphatic heterocycles. The zero-order valence-corrected chi connectivity index (χ0v) is 14.7. The van der Waals surface area contributed by atoms with Gasteiger partial charge in [-0.3, -0.25) is 0 Å². The van der Waals surface area contributed by atoms with Crippen LogP contribution in [0.2, 0.25) is 0 Å². The first-order chi connectivity index (χ1) is 10.8. The highest BCUT2D eigenvalue weighted by atomic mass is 16.3. The molecular formula is C20H25N2O+. The average molecular weight is 309 g/mol. The predicted molar refractivity (Wildman–Crippen MR) is 90.4 cm³/mol. The topological polar surface area (TPSA) is 29.9 Å². The molecule has 0 radical (unpaired) electrons. The molecule has 0 amide bonds. The van der Waals surface area contributed by atoms with E-state index in [2.05, 4.69) is 49.7 Å². The predicted octanol–water partition coefficient (Wildman–Crippen LogP) is 2.53. The maximum absolute atomic E-state index is 12.2. The van der Waals surface area contributed by atoms with E-state index in [1.54, 1.807) is 6.07 Å². The van der Waals surface area contributed by atoms with Crippen LogP contribution in [0.1, 0.15) is 37.2 Å². The number of pyridine rings is 1. The van der Waals surface area contributed by atoms with E-state index < -0.39 is 0 Å². The van der Waals surface area contributed by atoms with Gasteiger partial charge in [0.25, 0.3) is 0 Å². The third-order valence-electron chi connectivity index (χ3n) is 5.36. The Bertz CT molecular complexity index is 803. The van der Waals surface area contributed by atoms with E-state index in [-0.39, 0.29) is 11.2 Å². The Kier molecular flexibility index (Phi) is 3.75. The van der Waals surface area contributed by atoms with E-state index >= 15 is 0 Å². The molecule has 0 aliphatic carbocycles. The van der Waals surface area contributed by atoms with Crippen LogP contribution in [0, 0.1) is 6.92 Å². The summed E-state index contributed by atoms with van der Waals surface area (Å²) in [5.74, 6) is 0.134. The van der Waals surface area contributed by atoms with Crippen molar-refractivity contribution in [1.29, 1.82) is 0 Å². The first-order valence-corrected chi connectivity index (χ1v) is 8.19. The van der Waals surface area contributed by atoms with Gasteiger partial charge >= 0.3 is 0 Å². The minimum atomic E-state index is 0.0107. The molecule has 3 nitrogen and oxygen atoms in total. The summed E-state index contributed by atoms with van der Waals surface area (Å²) in [5, 5.41) is 12.2. The van der Waals surface area contributed by atoms with E-state index in [1.165, 1.54) is 17.0 Å². The van der Waals surface area contributed by atoms with Crippen LogP contribution in [-0.4, -0.2) is 17.3 Å². The highest BCUT2D eigenvalue weighted by Crippen LogP contribution is 2.39. The van der Waals surface area contributed by atoms with Gasteiger partial charge in [-0.2, -0.15) is 0 Å². The second kappa shape index (κ2) is 5.48. The van der Waals surface area contributed by atoms with Crippen LogP contribution in [0.15, 0.2) is 36.4 Å². The molecule has 2 aromatic rings. The Morgan fingerprint density at radius 1 is 1.00 bits per heavy atom. The molecule has 120 valence electrons. The average Bonchev–Trinajstić information content (AvgIpc) is 2.72. The van der Waals surface area contributed by atoms with Crippen LogP contribution >= 0.6 is 0 Å². The van der Waals surface area contributed by atoms with Gasteiger partial charge in [-0.1, -0.05) is 24.3 Å². The van der Waals surface area contributed by atoms with Gasteiger partial charge in [0.2, 0.25) is 5.69 Å². The molecule has 0 fully saturated rings. The molecule has 0 N–H and O–H groups in total. The maximum Gasteiger partial charge on any atom is 0.209 e. The fourth-order valence-corrected chi connectivity index (χ4v) is 3.81. The lowest BCUT2D eigenvalue weighted by molar-refractivity contribution is -0.687. The molecule has 0 spiro atoms. The van der Waals surface area contributed by atoms with Crippen molar-refractivity contribution in [2.75, 3.05) is 7.05 Å². The van der Waals surface area contributed by atoms with Crippen LogP contribution in [0.3, 0.4) is 0 Å². The van der Waals surface area contributed by atoms with Crippen molar-refractivity contribution in [2.45, 2.75) is 39.0 Å². The summed E-state index contributed by atoms with van der Waals surface area (Å²) in [5.41, 5.74) is 6.04. The normalized spacial score (nSPS) is 15.9. The van der Waals surface area contributed by atoms with Crippen LogP contribution < -0.4 is 9.67 Å². The highest BCUT2D eigenvalue weighted by molar-refractivity contribution is 5.95. The molecule has 23 heavy (non-hydrogen) atoms. The Hall–Kier alpha value is -2.16. The van der Waals surface area contributed by atoms with E-state index in [0.29, 0.717) is 0 Å². The first kappa shape index (κ1) is 15.7. The number of fused-ring (bicyclic) bond motifs is 1. The summed E-state index contributed by atoms with van der Waals surface area (Å²) in [7, 11) is 4.12. The quantitative estimate of drug-likeness (QED) is 0.801. The van der Waals surface area contributed by atoms with Crippen molar-refractivity contribution >= 4 is 11.4 Å². The Balaban J connectivity index is 1.94. The summed E-state index contributed by atoms with van der Waals surface area (Å²) >= 11 is 0. The number of hydrogen-bond donors (Lipinski definition) is 0. The lowest BCUT2D eigenvalue weighted by Gasteiger charge is -2.18. The second-order valence-electron chi connectivity index (χ2n) is 6.99. The Morgan fingerprint density at radius 3 is 2.39 bits per heavy atom. The van der Waals surface area contributed by atoms with Crippen molar-refractivity contribution < 1.29 is 14.2 Å². The van der Waals surface area contributed by atoms with Crippen LogP contribution in [0.4, 0.5) is 5.69 Å². The largest absolute Gasteiger partial charge is 0.868 e. The van der Waals surface area contributed by atoms with Gasteiger partial charge in [-0.15, -0.1) is 0 Å². The molecule has 2 heterocycles. The number of aryl methyl sites for hydroxylation is 1. The fourth-order valence-electron chi connectivity index (χ4n) is 3.81. The summed E-state index contributed by atoms with van der Waals surface area (Å²) in [6.07, 6.45) is 1.67. The minimum Gasteiger partial charge on any atom is -0.868 e. The van der Waals surface area contributed by atoms with Crippen LogP contribution in [0.5, 0.6) is 5.75 Å². The molecule has 0 bridgehead atoms. The lowest BCUT2D eigenvalue weighted by Crippen LogP contribution is -2.39. The zero-order chi connectivity index (χ0) is 16.8. The molecule has 1 aliphatic rings. The molecule has 1 aromatic carbocycles. The molecule has 1 aromatic heterocycles. The van der Waals surface area contributed by atoms with Gasteiger partial charge in [0.1, 0.15) is 14.1 Å². The fraction of sp³-hybridized carbons (Fsp3) is 0.400. The molecule has 0 saturated carbocycles. The summed E-state index contributed by atoms with van der Waals surface area (Å²) in [6, 6.07) is 12.2. The SMILES string of the molecule is Cc1ccc([O-])c(CCC2=[N+](C)c3ccccc3C2(C)C)[n+]1C. The Morgan fingerprint density at radius 2 is 1.70 bits per heavy atom. The van der Waals surface area contributed by atoms with E-state index in [4.69, 9.17) is 0 Å². The van der Waals surface area contributed by atoms with E-state index in [1.807, 2.05) is 24.6 Å². The molecule has 3 heteroatoms. The van der Waals surface area contributed by atoms with Crippen molar-refractivity contribution in [3.8, 4) is 5.75 Å². The van der Waals surface area contributed by atoms with E-state index in [0.717, 1.165) is 24.2 Å². The van der Waals surface area contributed by atoms with Gasteiger partial charge in [0.15, 0.2) is 17.1 Å². The minimum absolute atomic E-state index is 0.0107. The third kappa shape index (κ3) is 2.44. The van der Waals surface area contributed by atoms with Crippen molar-refractivity contribution in [2.24, 2.45) is 7.05 Å². The molecular weight excluding hydrogens is 284 g/mol. The highest BCUT2D eigenvalue weighted by Gasteiger charge is 2.43. The van der Waals surface area contributed by atoms with E-state index in [9.17, 15) is 5.11 Å². The van der Waals surface area contributed by atoms with Gasteiger partial charge in [0.05, 0.1) is 5.41 Å². The molecule has 3 rings (SSSR count). The van der Waals surface area contributed by atoms with Crippen molar-refractivity contribution in [3.05, 3.63) is 53.3 Å². The number of nitrogens with zero attached hydrogens (tertiary/aromatic N) is 2. The van der Waals surface area contributed by atoms with Gasteiger partial charge in [-0.05, 0) is 19.6 Å². The summed E-state index contributed by atoms with van der Waals surface area (Å²) in [6.45, 7) is 6.59. The van der Waals surface area contributed by atoms with Crippen molar-refractivity contribution in [3.63, 3.8) is 0 Å². The molecule has 0 atom stereocenters. The van der Waals surface area contributed by atoms with Crippen LogP contribution in [0.25, 0.3) is 0 Å². The van der Waals surface area contributed by atoms with Gasteiger partial charge in [0, 0.05) is 37.5 Å². The summed E-state index contributed by atoms with van der Waals surface area (Å²) in [4.78, 5) is 0. The first-order valence-electron chi connectivity index (χ1n) is 8.19. The number of benzene rings is 1. The monoisotopic (exact) mass is 309 g/mol. The Labute approximate surface area is 138 Å². The van der Waals surface area contributed by atoms with Gasteiger partial charge < -0.3 is 5.11 Å².